The summed E-state index contributed by atoms with van der Waals surface area (Å²) < 4.78 is 7.37. The number of benzene rings is 7. The van der Waals surface area contributed by atoms with E-state index >= 15 is 0 Å². The summed E-state index contributed by atoms with van der Waals surface area (Å²) in [5, 5.41) is 2.52. The van der Waals surface area contributed by atoms with Gasteiger partial charge in [0.2, 0.25) is 0 Å². The molecule has 0 fully saturated rings. The van der Waals surface area contributed by atoms with Crippen molar-refractivity contribution in [3.05, 3.63) is 177 Å². The van der Waals surface area contributed by atoms with Gasteiger partial charge in [-0.05, 0) is 0 Å². The van der Waals surface area contributed by atoms with E-state index in [-0.39, 0.29) is 0 Å². The van der Waals surface area contributed by atoms with Gasteiger partial charge in [0.25, 0.3) is 0 Å². The van der Waals surface area contributed by atoms with E-state index in [2.05, 4.69) is 168 Å². The second-order valence-corrected chi connectivity index (χ2v) is 15.4. The molecule has 2 N–H and O–H groups in total. The fourth-order valence-corrected chi connectivity index (χ4v) is 9.86. The van der Waals surface area contributed by atoms with Crippen molar-refractivity contribution in [2.24, 2.45) is 0 Å². The van der Waals surface area contributed by atoms with E-state index in [1.165, 1.54) is 45.6 Å². The maximum atomic E-state index is 6.74. The van der Waals surface area contributed by atoms with Crippen LogP contribution >= 0.6 is 0 Å². The summed E-state index contributed by atoms with van der Waals surface area (Å²) in [6, 6.07) is 58.8. The van der Waals surface area contributed by atoms with Crippen LogP contribution in [0.2, 0.25) is 0 Å². The summed E-state index contributed by atoms with van der Waals surface area (Å²) in [4.78, 5) is 4.90. The van der Waals surface area contributed by atoms with Crippen molar-refractivity contribution in [3.8, 4) is 33.6 Å². The van der Waals surface area contributed by atoms with E-state index in [4.69, 9.17) is 10.7 Å². The number of rotatable bonds is 7. The van der Waals surface area contributed by atoms with E-state index in [9.17, 15) is 0 Å². The van der Waals surface area contributed by atoms with Crippen LogP contribution < -0.4 is 26.9 Å². The topological polar surface area (TPSA) is 48.8 Å². The Kier molecular flexibility index (Phi) is 7.70. The van der Waals surface area contributed by atoms with Crippen LogP contribution in [0.3, 0.4) is 0 Å². The van der Waals surface area contributed by atoms with Crippen LogP contribution in [0.5, 0.6) is 0 Å². The first kappa shape index (κ1) is 30.4. The molecule has 9 aromatic rings. The second kappa shape index (κ2) is 12.7. The minimum atomic E-state index is -0.537. The molecule has 0 aliphatic heterocycles. The first-order valence-corrected chi connectivity index (χ1v) is 19.1. The molecule has 0 spiro atoms. The van der Waals surface area contributed by atoms with E-state index in [0.717, 1.165) is 45.9 Å². The quantitative estimate of drug-likeness (QED) is 0.134. The Morgan fingerprint density at radius 2 is 1.20 bits per heavy atom. The molecule has 0 atom stereocenters. The van der Waals surface area contributed by atoms with Crippen molar-refractivity contribution < 1.29 is 21.2 Å². The van der Waals surface area contributed by atoms with Gasteiger partial charge in [0.1, 0.15) is 0 Å². The van der Waals surface area contributed by atoms with E-state index < -0.39 is 21.2 Å². The van der Waals surface area contributed by atoms with Gasteiger partial charge >= 0.3 is 303 Å². The molecule has 242 valence electrons. The number of imidazole rings is 1. The molecule has 0 aliphatic rings. The van der Waals surface area contributed by atoms with Gasteiger partial charge in [-0.15, -0.1) is 0 Å². The number of aromatic nitrogens is 3. The summed E-state index contributed by atoms with van der Waals surface area (Å²) in [5.41, 5.74) is 19.1. The number of fused-ring (bicyclic) bond motifs is 4. The van der Waals surface area contributed by atoms with E-state index in [1.807, 2.05) is 12.1 Å². The molecule has 2 heterocycles. The Balaban J connectivity index is 1.16. The number of hydrogen-bond acceptors (Lipinski definition) is 2. The molecule has 9 rings (SSSR count). The number of anilines is 1. The zero-order valence-electron chi connectivity index (χ0n) is 27.6. The molecule has 50 heavy (non-hydrogen) atoms. The first-order valence-electron chi connectivity index (χ1n) is 17.0. The van der Waals surface area contributed by atoms with Gasteiger partial charge in [-0.2, -0.15) is 0 Å². The normalized spacial score (nSPS) is 11.6. The molecule has 0 aliphatic carbocycles. The molecular weight excluding hydrogens is 723 g/mol. The number of hydrogen-bond donors (Lipinski definition) is 1. The predicted octanol–water partition coefficient (Wildman–Crippen LogP) is 7.73. The van der Waals surface area contributed by atoms with Gasteiger partial charge in [0.15, 0.2) is 0 Å². The first-order chi connectivity index (χ1) is 24.7. The third-order valence-corrected chi connectivity index (χ3v) is 12.3. The molecule has 2 aromatic heterocycles. The Labute approximate surface area is 301 Å². The Morgan fingerprint density at radius 3 is 1.94 bits per heavy atom. The molecule has 0 radical (unpaired) electrons. The van der Waals surface area contributed by atoms with Crippen molar-refractivity contribution in [2.75, 3.05) is 5.73 Å². The van der Waals surface area contributed by atoms with Crippen LogP contribution in [0.1, 0.15) is 12.7 Å². The van der Waals surface area contributed by atoms with Crippen molar-refractivity contribution in [1.29, 1.82) is 0 Å². The van der Waals surface area contributed by atoms with Gasteiger partial charge < -0.3 is 0 Å². The van der Waals surface area contributed by atoms with Crippen molar-refractivity contribution >= 4 is 38.5 Å². The summed E-state index contributed by atoms with van der Waals surface area (Å²) in [5.74, 6) is 1.08. The fraction of sp³-hybridized carbons (Fsp3) is 0.0444. The van der Waals surface area contributed by atoms with Crippen molar-refractivity contribution in [2.45, 2.75) is 13.3 Å². The number of nitrogen functional groups attached to an aromatic ring is 1. The van der Waals surface area contributed by atoms with Crippen LogP contribution in [0.15, 0.2) is 164 Å². The summed E-state index contributed by atoms with van der Waals surface area (Å²) >= 11 is -0.537. The monoisotopic (exact) mass is 757 g/mol. The SMILES string of the molecule is CCc1nc2ccccc2n1-c1ccc([I-]c2cccc(-c3cccc(-n4c5ccccc5c5ccccc54)c3)c2-c2ccccc2N)cc1. The second-order valence-electron chi connectivity index (χ2n) is 12.4. The third kappa shape index (κ3) is 5.17. The predicted molar refractivity (Wildman–Crippen MR) is 204 cm³/mol. The zero-order chi connectivity index (χ0) is 33.6. The third-order valence-electron chi connectivity index (χ3n) is 9.48. The molecule has 0 saturated heterocycles. The molecule has 0 bridgehead atoms. The number of nitrogens with two attached hydrogens (primary N) is 1. The molecule has 0 unspecified atom stereocenters. The van der Waals surface area contributed by atoms with E-state index in [0.29, 0.717) is 0 Å². The van der Waals surface area contributed by atoms with Gasteiger partial charge in [-0.25, -0.2) is 0 Å². The Morgan fingerprint density at radius 1 is 0.560 bits per heavy atom. The van der Waals surface area contributed by atoms with Crippen LogP contribution in [0.4, 0.5) is 5.69 Å². The van der Waals surface area contributed by atoms with Gasteiger partial charge in [0, 0.05) is 0 Å². The Hall–Kier alpha value is -5.66. The van der Waals surface area contributed by atoms with Crippen LogP contribution in [-0.4, -0.2) is 14.1 Å². The van der Waals surface area contributed by atoms with Crippen LogP contribution in [-0.2, 0) is 6.42 Å². The fourth-order valence-electron chi connectivity index (χ4n) is 7.23. The maximum absolute atomic E-state index is 6.74. The molecule has 4 nitrogen and oxygen atoms in total. The van der Waals surface area contributed by atoms with Gasteiger partial charge in [0.05, 0.1) is 0 Å². The molecule has 0 amide bonds. The molecule has 0 saturated carbocycles. The molecular formula is C45H34IN4-. The van der Waals surface area contributed by atoms with Crippen LogP contribution in [0.25, 0.3) is 66.5 Å². The average molecular weight is 758 g/mol. The zero-order valence-corrected chi connectivity index (χ0v) is 29.8. The van der Waals surface area contributed by atoms with Gasteiger partial charge in [-0.1, -0.05) is 0 Å². The minimum absolute atomic E-state index is 0.537. The molecule has 7 aromatic carbocycles. The van der Waals surface area contributed by atoms with E-state index in [1.54, 1.807) is 0 Å². The number of nitrogens with zero attached hydrogens (tertiary/aromatic N) is 3. The van der Waals surface area contributed by atoms with Crippen molar-refractivity contribution in [1.82, 2.24) is 14.1 Å². The average Bonchev–Trinajstić information content (AvgIpc) is 3.71. The summed E-state index contributed by atoms with van der Waals surface area (Å²) in [6.45, 7) is 2.17. The summed E-state index contributed by atoms with van der Waals surface area (Å²) in [7, 11) is 0. The van der Waals surface area contributed by atoms with Gasteiger partial charge in [-0.3, -0.25) is 0 Å². The number of aryl methyl sites for hydroxylation is 1. The number of para-hydroxylation sites is 5. The molecule has 5 heteroatoms. The summed E-state index contributed by atoms with van der Waals surface area (Å²) in [6.07, 6.45) is 0.871. The Bertz CT molecular complexity index is 2630. The standard InChI is InChI=1S/C45H34IN4/c1-2-44-48-40-21-7-10-24-43(40)50(44)32-27-25-31(26-28-32)46-38-19-12-18-34(45(38)37-17-3-6-20-39(37)47)30-13-11-14-33(29-30)49-41-22-8-4-15-35(41)36-16-5-9-23-42(36)49/h3-29H,2,47H2,1H3/q-1. The van der Waals surface area contributed by atoms with Crippen molar-refractivity contribution in [3.63, 3.8) is 0 Å². The number of halogens is 1. The van der Waals surface area contributed by atoms with Crippen LogP contribution in [0, 0.1) is 7.14 Å².